The highest BCUT2D eigenvalue weighted by atomic mass is 32.1. The van der Waals surface area contributed by atoms with Gasteiger partial charge in [-0.3, -0.25) is 10.1 Å². The topological polar surface area (TPSA) is 50.4 Å². The van der Waals surface area contributed by atoms with Crippen molar-refractivity contribution in [3.8, 4) is 16.9 Å². The molecule has 3 rings (SSSR count). The standard InChI is InChI=1S/C26H28N2O2S/c1-2-3-4-8-19-30-24-17-15-23(16-18-24)27-26(31)28-25(29)22-13-11-21(12-14-22)20-9-6-5-7-10-20/h5-7,9-18H,2-4,8,19H2,1H3,(H2,27,28,29,31). The number of rotatable bonds is 9. The molecule has 0 aliphatic heterocycles. The number of ether oxygens (including phenoxy) is 1. The molecule has 2 N–H and O–H groups in total. The van der Waals surface area contributed by atoms with Gasteiger partial charge in [-0.1, -0.05) is 68.7 Å². The largest absolute Gasteiger partial charge is 0.494 e. The zero-order chi connectivity index (χ0) is 21.9. The molecule has 0 fully saturated rings. The highest BCUT2D eigenvalue weighted by Gasteiger charge is 2.08. The molecule has 0 aliphatic carbocycles. The fourth-order valence-electron chi connectivity index (χ4n) is 3.14. The number of hydrogen-bond donors (Lipinski definition) is 2. The van der Waals surface area contributed by atoms with Crippen LogP contribution in [0.25, 0.3) is 11.1 Å². The lowest BCUT2D eigenvalue weighted by molar-refractivity contribution is 0.0977. The van der Waals surface area contributed by atoms with Crippen molar-refractivity contribution in [3.05, 3.63) is 84.4 Å². The highest BCUT2D eigenvalue weighted by molar-refractivity contribution is 7.80. The van der Waals surface area contributed by atoms with E-state index in [4.69, 9.17) is 17.0 Å². The van der Waals surface area contributed by atoms with Crippen molar-refractivity contribution < 1.29 is 9.53 Å². The van der Waals surface area contributed by atoms with E-state index in [-0.39, 0.29) is 11.0 Å². The summed E-state index contributed by atoms with van der Waals surface area (Å²) in [5.74, 6) is 0.583. The molecule has 0 atom stereocenters. The molecule has 3 aromatic carbocycles. The first-order valence-corrected chi connectivity index (χ1v) is 11.1. The van der Waals surface area contributed by atoms with Crippen LogP contribution in [0.15, 0.2) is 78.9 Å². The Balaban J connectivity index is 1.47. The second-order valence-electron chi connectivity index (χ2n) is 7.29. The number of hydrogen-bond acceptors (Lipinski definition) is 3. The number of amides is 1. The van der Waals surface area contributed by atoms with Crippen molar-refractivity contribution in [1.29, 1.82) is 0 Å². The van der Waals surface area contributed by atoms with E-state index in [9.17, 15) is 4.79 Å². The number of carbonyl (C=O) groups excluding carboxylic acids is 1. The first kappa shape index (κ1) is 22.5. The number of thiocarbonyl (C=S) groups is 1. The van der Waals surface area contributed by atoms with Gasteiger partial charge in [0.15, 0.2) is 5.11 Å². The second-order valence-corrected chi connectivity index (χ2v) is 7.69. The summed E-state index contributed by atoms with van der Waals surface area (Å²) < 4.78 is 5.75. The van der Waals surface area contributed by atoms with Crippen LogP contribution in [0.2, 0.25) is 0 Å². The maximum atomic E-state index is 12.5. The first-order chi connectivity index (χ1) is 15.2. The van der Waals surface area contributed by atoms with Crippen molar-refractivity contribution in [2.75, 3.05) is 11.9 Å². The molecule has 0 heterocycles. The van der Waals surface area contributed by atoms with Crippen molar-refractivity contribution >= 4 is 28.9 Å². The van der Waals surface area contributed by atoms with E-state index < -0.39 is 0 Å². The van der Waals surface area contributed by atoms with E-state index in [0.29, 0.717) is 5.56 Å². The Morgan fingerprint density at radius 3 is 2.19 bits per heavy atom. The van der Waals surface area contributed by atoms with Gasteiger partial charge in [0.25, 0.3) is 5.91 Å². The van der Waals surface area contributed by atoms with Gasteiger partial charge in [0.2, 0.25) is 0 Å². The lowest BCUT2D eigenvalue weighted by Gasteiger charge is -2.11. The maximum Gasteiger partial charge on any atom is 0.257 e. The smallest absolute Gasteiger partial charge is 0.257 e. The van der Waals surface area contributed by atoms with Crippen LogP contribution in [0.1, 0.15) is 43.0 Å². The Labute approximate surface area is 189 Å². The van der Waals surface area contributed by atoms with Crippen LogP contribution in [0.3, 0.4) is 0 Å². The van der Waals surface area contributed by atoms with E-state index in [1.807, 2.05) is 66.7 Å². The molecule has 4 nitrogen and oxygen atoms in total. The molecule has 0 unspecified atom stereocenters. The van der Waals surface area contributed by atoms with E-state index in [1.54, 1.807) is 12.1 Å². The minimum atomic E-state index is -0.246. The first-order valence-electron chi connectivity index (χ1n) is 10.7. The van der Waals surface area contributed by atoms with Gasteiger partial charge in [0.1, 0.15) is 5.75 Å². The molecule has 0 aromatic heterocycles. The molecule has 0 saturated carbocycles. The summed E-state index contributed by atoms with van der Waals surface area (Å²) in [5, 5.41) is 6.01. The monoisotopic (exact) mass is 432 g/mol. The zero-order valence-corrected chi connectivity index (χ0v) is 18.6. The number of nitrogens with one attached hydrogen (secondary N) is 2. The normalized spacial score (nSPS) is 10.4. The molecule has 0 spiro atoms. The van der Waals surface area contributed by atoms with Crippen LogP contribution >= 0.6 is 12.2 Å². The summed E-state index contributed by atoms with van der Waals surface area (Å²) in [5.41, 5.74) is 3.52. The van der Waals surface area contributed by atoms with Crippen molar-refractivity contribution in [2.24, 2.45) is 0 Å². The molecule has 5 heteroatoms. The minimum absolute atomic E-state index is 0.246. The van der Waals surface area contributed by atoms with Crippen molar-refractivity contribution in [1.82, 2.24) is 5.32 Å². The molecule has 31 heavy (non-hydrogen) atoms. The predicted molar refractivity (Wildman–Crippen MR) is 132 cm³/mol. The average Bonchev–Trinajstić information content (AvgIpc) is 2.80. The van der Waals surface area contributed by atoms with Crippen LogP contribution < -0.4 is 15.4 Å². The number of carbonyl (C=O) groups is 1. The highest BCUT2D eigenvalue weighted by Crippen LogP contribution is 2.19. The van der Waals surface area contributed by atoms with E-state index in [1.165, 1.54) is 19.3 Å². The van der Waals surface area contributed by atoms with Gasteiger partial charge >= 0.3 is 0 Å². The quantitative estimate of drug-likeness (QED) is 0.302. The molecule has 1 amide bonds. The Morgan fingerprint density at radius 2 is 1.52 bits per heavy atom. The number of benzene rings is 3. The number of unbranched alkanes of at least 4 members (excludes halogenated alkanes) is 3. The Hall–Kier alpha value is -3.18. The van der Waals surface area contributed by atoms with E-state index in [2.05, 4.69) is 17.6 Å². The average molecular weight is 433 g/mol. The van der Waals surface area contributed by atoms with Gasteiger partial charge < -0.3 is 10.1 Å². The third kappa shape index (κ3) is 7.23. The van der Waals surface area contributed by atoms with Crippen molar-refractivity contribution in [3.63, 3.8) is 0 Å². The SMILES string of the molecule is CCCCCCOc1ccc(NC(=S)NC(=O)c2ccc(-c3ccccc3)cc2)cc1. The third-order valence-corrected chi connectivity index (χ3v) is 5.06. The lowest BCUT2D eigenvalue weighted by atomic mass is 10.0. The molecule has 3 aromatic rings. The fraction of sp³-hybridized carbons (Fsp3) is 0.231. The summed E-state index contributed by atoms with van der Waals surface area (Å²) in [4.78, 5) is 12.5. The molecular formula is C26H28N2O2S. The van der Waals surface area contributed by atoms with E-state index in [0.717, 1.165) is 35.6 Å². The Morgan fingerprint density at radius 1 is 0.839 bits per heavy atom. The molecule has 0 saturated heterocycles. The maximum absolute atomic E-state index is 12.5. The van der Waals surface area contributed by atoms with Crippen LogP contribution in [0.4, 0.5) is 5.69 Å². The van der Waals surface area contributed by atoms with Gasteiger partial charge in [0.05, 0.1) is 6.61 Å². The van der Waals surface area contributed by atoms with Crippen LogP contribution in [-0.4, -0.2) is 17.6 Å². The molecule has 160 valence electrons. The third-order valence-electron chi connectivity index (χ3n) is 4.86. The summed E-state index contributed by atoms with van der Waals surface area (Å²) in [6.07, 6.45) is 4.72. The Kier molecular flexibility index (Phi) is 8.61. The summed E-state index contributed by atoms with van der Waals surface area (Å²) in [6, 6.07) is 25.1. The van der Waals surface area contributed by atoms with Gasteiger partial charge in [-0.15, -0.1) is 0 Å². The summed E-state index contributed by atoms with van der Waals surface area (Å²) in [7, 11) is 0. The van der Waals surface area contributed by atoms with Gasteiger partial charge in [-0.25, -0.2) is 0 Å². The molecule has 0 radical (unpaired) electrons. The lowest BCUT2D eigenvalue weighted by Crippen LogP contribution is -2.34. The molecular weight excluding hydrogens is 404 g/mol. The summed E-state index contributed by atoms with van der Waals surface area (Å²) >= 11 is 5.28. The van der Waals surface area contributed by atoms with Crippen LogP contribution in [0.5, 0.6) is 5.75 Å². The van der Waals surface area contributed by atoms with Crippen LogP contribution in [0, 0.1) is 0 Å². The Bertz CT molecular complexity index is 971. The summed E-state index contributed by atoms with van der Waals surface area (Å²) in [6.45, 7) is 2.92. The number of anilines is 1. The predicted octanol–water partition coefficient (Wildman–Crippen LogP) is 6.44. The minimum Gasteiger partial charge on any atom is -0.494 e. The fourth-order valence-corrected chi connectivity index (χ4v) is 3.35. The van der Waals surface area contributed by atoms with E-state index >= 15 is 0 Å². The van der Waals surface area contributed by atoms with Crippen molar-refractivity contribution in [2.45, 2.75) is 32.6 Å². The molecule has 0 aliphatic rings. The zero-order valence-electron chi connectivity index (χ0n) is 17.8. The second kappa shape index (κ2) is 11.9. The van der Waals surface area contributed by atoms with Gasteiger partial charge in [-0.05, 0) is 66.2 Å². The van der Waals surface area contributed by atoms with Gasteiger partial charge in [-0.2, -0.15) is 0 Å². The van der Waals surface area contributed by atoms with Crippen LogP contribution in [-0.2, 0) is 0 Å². The molecule has 0 bridgehead atoms. The van der Waals surface area contributed by atoms with Gasteiger partial charge in [0, 0.05) is 11.3 Å².